The highest BCUT2D eigenvalue weighted by atomic mass is 16.7. The quantitative estimate of drug-likeness (QED) is 0.0237. The zero-order chi connectivity index (χ0) is 41.8. The van der Waals surface area contributed by atoms with Gasteiger partial charge in [-0.3, -0.25) is 4.79 Å². The molecule has 0 radical (unpaired) electrons. The summed E-state index contributed by atoms with van der Waals surface area (Å²) in [6.45, 7) is 3.59. The van der Waals surface area contributed by atoms with E-state index in [9.17, 15) is 35.4 Å². The number of nitrogens with one attached hydrogen (secondary N) is 1. The van der Waals surface area contributed by atoms with E-state index in [0.717, 1.165) is 44.9 Å². The van der Waals surface area contributed by atoms with Gasteiger partial charge in [-0.1, -0.05) is 186 Å². The Bertz CT molecular complexity index is 963. The minimum atomic E-state index is -1.61. The number of amides is 1. The van der Waals surface area contributed by atoms with E-state index in [1.807, 2.05) is 6.08 Å². The number of ether oxygens (including phenoxy) is 2. The van der Waals surface area contributed by atoms with E-state index >= 15 is 0 Å². The van der Waals surface area contributed by atoms with Crippen LogP contribution >= 0.6 is 0 Å². The molecule has 1 heterocycles. The predicted octanol–water partition coefficient (Wildman–Crippen LogP) is 8.86. The lowest BCUT2D eigenvalue weighted by atomic mass is 9.99. The Kier molecular flexibility index (Phi) is 35.4. The van der Waals surface area contributed by atoms with E-state index in [4.69, 9.17) is 9.47 Å². The van der Waals surface area contributed by atoms with Crippen LogP contribution < -0.4 is 5.32 Å². The number of allylic oxidation sites excluding steroid dienone is 3. The van der Waals surface area contributed by atoms with Crippen LogP contribution in [0.3, 0.4) is 0 Å². The molecule has 1 aliphatic heterocycles. The first-order valence-corrected chi connectivity index (χ1v) is 23.7. The van der Waals surface area contributed by atoms with Gasteiger partial charge in [0.05, 0.1) is 25.4 Å². The summed E-state index contributed by atoms with van der Waals surface area (Å²) in [6.07, 6.45) is 34.1. The zero-order valence-corrected chi connectivity index (χ0v) is 36.5. The van der Waals surface area contributed by atoms with E-state index in [0.29, 0.717) is 12.8 Å². The van der Waals surface area contributed by atoms with Crippen LogP contribution in [0.1, 0.15) is 206 Å². The van der Waals surface area contributed by atoms with Gasteiger partial charge in [0.25, 0.3) is 0 Å². The summed E-state index contributed by atoms with van der Waals surface area (Å²) < 4.78 is 11.1. The number of carbonyl (C=O) groups excluding carboxylic acids is 1. The highest BCUT2D eigenvalue weighted by Crippen LogP contribution is 2.23. The molecule has 1 fully saturated rings. The van der Waals surface area contributed by atoms with Crippen LogP contribution in [0.4, 0.5) is 0 Å². The van der Waals surface area contributed by atoms with Gasteiger partial charge in [-0.25, -0.2) is 0 Å². The highest BCUT2D eigenvalue weighted by molar-refractivity contribution is 5.80. The Labute approximate surface area is 348 Å². The van der Waals surface area contributed by atoms with Crippen molar-refractivity contribution in [1.82, 2.24) is 5.32 Å². The zero-order valence-electron chi connectivity index (χ0n) is 36.5. The van der Waals surface area contributed by atoms with Gasteiger partial charge >= 0.3 is 0 Å². The van der Waals surface area contributed by atoms with Gasteiger partial charge in [0, 0.05) is 0 Å². The van der Waals surface area contributed by atoms with Gasteiger partial charge < -0.3 is 45.4 Å². The second kappa shape index (κ2) is 37.6. The van der Waals surface area contributed by atoms with Crippen LogP contribution in [0, 0.1) is 0 Å². The van der Waals surface area contributed by atoms with Crippen LogP contribution in [0.5, 0.6) is 0 Å². The summed E-state index contributed by atoms with van der Waals surface area (Å²) >= 11 is 0. The molecule has 0 saturated carbocycles. The molecule has 1 rings (SSSR count). The third-order valence-corrected chi connectivity index (χ3v) is 11.4. The van der Waals surface area contributed by atoms with Crippen molar-refractivity contribution in [1.29, 1.82) is 0 Å². The number of hydrogen-bond acceptors (Lipinski definition) is 9. The number of unbranched alkanes of at least 4 members (excludes halogenated alkanes) is 26. The first-order valence-electron chi connectivity index (χ1n) is 23.7. The lowest BCUT2D eigenvalue weighted by Gasteiger charge is -2.40. The fourth-order valence-corrected chi connectivity index (χ4v) is 7.45. The van der Waals surface area contributed by atoms with Crippen molar-refractivity contribution in [2.75, 3.05) is 13.2 Å². The van der Waals surface area contributed by atoms with Gasteiger partial charge in [-0.2, -0.15) is 0 Å². The maximum Gasteiger partial charge on any atom is 0.249 e. The number of aliphatic hydroxyl groups is 6. The third-order valence-electron chi connectivity index (χ3n) is 11.4. The summed E-state index contributed by atoms with van der Waals surface area (Å²) in [4.78, 5) is 13.0. The van der Waals surface area contributed by atoms with E-state index < -0.39 is 61.5 Å². The lowest BCUT2D eigenvalue weighted by Crippen LogP contribution is -2.60. The van der Waals surface area contributed by atoms with E-state index in [1.54, 1.807) is 6.08 Å². The largest absolute Gasteiger partial charge is 0.394 e. The molecule has 8 unspecified atom stereocenters. The summed E-state index contributed by atoms with van der Waals surface area (Å²) in [5.74, 6) is -0.622. The third kappa shape index (κ3) is 27.9. The van der Waals surface area contributed by atoms with Crippen molar-refractivity contribution in [3.8, 4) is 0 Å². The second-order valence-corrected chi connectivity index (χ2v) is 16.7. The Morgan fingerprint density at radius 1 is 0.596 bits per heavy atom. The molecule has 1 saturated heterocycles. The minimum absolute atomic E-state index is 0.304. The highest BCUT2D eigenvalue weighted by Gasteiger charge is 2.44. The molecule has 1 aliphatic rings. The van der Waals surface area contributed by atoms with Crippen molar-refractivity contribution >= 4 is 5.91 Å². The van der Waals surface area contributed by atoms with Gasteiger partial charge in [-0.05, 0) is 44.9 Å². The molecule has 0 aliphatic carbocycles. The maximum absolute atomic E-state index is 13.0. The van der Waals surface area contributed by atoms with Gasteiger partial charge in [-0.15, -0.1) is 0 Å². The number of carbonyl (C=O) groups is 1. The van der Waals surface area contributed by atoms with E-state index in [-0.39, 0.29) is 6.61 Å². The van der Waals surface area contributed by atoms with Crippen LogP contribution in [-0.4, -0.2) is 98.7 Å². The van der Waals surface area contributed by atoms with Crippen molar-refractivity contribution in [2.24, 2.45) is 0 Å². The number of aliphatic hydroxyl groups excluding tert-OH is 6. The van der Waals surface area contributed by atoms with Crippen molar-refractivity contribution in [2.45, 2.75) is 255 Å². The molecule has 10 nitrogen and oxygen atoms in total. The fourth-order valence-electron chi connectivity index (χ4n) is 7.45. The monoisotopic (exact) mass is 812 g/mol. The predicted molar refractivity (Wildman–Crippen MR) is 232 cm³/mol. The molecule has 7 N–H and O–H groups in total. The average Bonchev–Trinajstić information content (AvgIpc) is 3.21. The number of rotatable bonds is 39. The minimum Gasteiger partial charge on any atom is -0.394 e. The molecule has 0 spiro atoms. The topological polar surface area (TPSA) is 169 Å². The summed E-state index contributed by atoms with van der Waals surface area (Å²) in [7, 11) is 0. The van der Waals surface area contributed by atoms with Gasteiger partial charge in [0.15, 0.2) is 6.29 Å². The summed E-state index contributed by atoms with van der Waals surface area (Å²) in [6, 6.07) is -0.979. The summed E-state index contributed by atoms with van der Waals surface area (Å²) in [5.41, 5.74) is 0. The van der Waals surface area contributed by atoms with Crippen LogP contribution in [0.25, 0.3) is 0 Å². The average molecular weight is 812 g/mol. The fraction of sp³-hybridized carbons (Fsp3) is 0.894. The van der Waals surface area contributed by atoms with Crippen LogP contribution in [0.15, 0.2) is 24.3 Å². The molecule has 0 aromatic rings. The van der Waals surface area contributed by atoms with Crippen LogP contribution in [0.2, 0.25) is 0 Å². The smallest absolute Gasteiger partial charge is 0.249 e. The molecule has 57 heavy (non-hydrogen) atoms. The summed E-state index contributed by atoms with van der Waals surface area (Å²) in [5, 5.41) is 64.6. The molecule has 8 atom stereocenters. The SMILES string of the molecule is CCCCCCCCCCC/C=C/C(O)C(COC1OC(CO)C(O)C(O)C1O)NC(=O)C(O)CCCCCCCC/C=C\CCCCCCCCCCCCC. The van der Waals surface area contributed by atoms with Crippen molar-refractivity contribution < 1.29 is 44.9 Å². The second-order valence-electron chi connectivity index (χ2n) is 16.7. The van der Waals surface area contributed by atoms with Gasteiger partial charge in [0.1, 0.15) is 30.5 Å². The molecule has 336 valence electrons. The van der Waals surface area contributed by atoms with Crippen LogP contribution in [-0.2, 0) is 14.3 Å². The molecule has 10 heteroatoms. The molecule has 0 aromatic carbocycles. The molecule has 0 bridgehead atoms. The molecular weight excluding hydrogens is 723 g/mol. The normalized spacial score (nSPS) is 21.7. The van der Waals surface area contributed by atoms with E-state index in [2.05, 4.69) is 31.3 Å². The first-order chi connectivity index (χ1) is 27.8. The molecule has 0 aromatic heterocycles. The lowest BCUT2D eigenvalue weighted by molar-refractivity contribution is -0.302. The molecular formula is C47H89NO9. The van der Waals surface area contributed by atoms with E-state index in [1.165, 1.54) is 135 Å². The Hall–Kier alpha value is -1.37. The van der Waals surface area contributed by atoms with Crippen molar-refractivity contribution in [3.05, 3.63) is 24.3 Å². The number of hydrogen-bond donors (Lipinski definition) is 7. The standard InChI is InChI=1S/C47H89NO9/c1-3-5-7-9-11-13-15-16-17-18-19-20-21-22-23-24-26-28-30-32-34-36-41(51)46(55)48-39(38-56-47-45(54)44(53)43(52)42(37-49)57-47)40(50)35-33-31-29-27-25-14-12-10-8-6-4-2/h21-22,33,35,39-45,47,49-54H,3-20,23-32,34,36-38H2,1-2H3,(H,48,55)/b22-21-,35-33+. The van der Waals surface area contributed by atoms with Gasteiger partial charge in [0.2, 0.25) is 5.91 Å². The Morgan fingerprint density at radius 3 is 1.47 bits per heavy atom. The first kappa shape index (κ1) is 53.6. The van der Waals surface area contributed by atoms with Crippen molar-refractivity contribution in [3.63, 3.8) is 0 Å². The Balaban J connectivity index is 2.34. The Morgan fingerprint density at radius 2 is 1.02 bits per heavy atom. The maximum atomic E-state index is 13.0. The molecule has 1 amide bonds.